The molecule has 2 bridgehead atoms. The average molecular weight is 439 g/mol. The van der Waals surface area contributed by atoms with E-state index in [1.807, 2.05) is 0 Å². The number of amides is 3. The van der Waals surface area contributed by atoms with Crippen molar-refractivity contribution < 1.29 is 23.9 Å². The van der Waals surface area contributed by atoms with Crippen LogP contribution in [0.2, 0.25) is 10.0 Å². The molecular weight excluding hydrogens is 419 g/mol. The zero-order chi connectivity index (χ0) is 20.7. The largest absolute Gasteiger partial charge is 0.456 e. The first-order valence-electron chi connectivity index (χ1n) is 9.61. The molecule has 0 unspecified atom stereocenters. The summed E-state index contributed by atoms with van der Waals surface area (Å²) >= 11 is 11.8. The quantitative estimate of drug-likeness (QED) is 0.544. The molecule has 0 spiro atoms. The molecule has 4 atom stereocenters. The summed E-state index contributed by atoms with van der Waals surface area (Å²) in [4.78, 5) is 50.3. The third kappa shape index (κ3) is 3.85. The van der Waals surface area contributed by atoms with Crippen LogP contribution in [-0.4, -0.2) is 41.7 Å². The van der Waals surface area contributed by atoms with Crippen LogP contribution in [0.4, 0.5) is 5.69 Å². The fraction of sp³-hybridized carbons (Fsp3) is 0.500. The van der Waals surface area contributed by atoms with Gasteiger partial charge >= 0.3 is 5.97 Å². The van der Waals surface area contributed by atoms with Crippen LogP contribution in [0.25, 0.3) is 0 Å². The van der Waals surface area contributed by atoms with Crippen LogP contribution in [0.15, 0.2) is 18.2 Å². The van der Waals surface area contributed by atoms with E-state index in [4.69, 9.17) is 27.9 Å². The molecule has 1 aliphatic heterocycles. The van der Waals surface area contributed by atoms with E-state index in [0.29, 0.717) is 22.5 Å². The minimum absolute atomic E-state index is 0.00638. The zero-order valence-corrected chi connectivity index (χ0v) is 17.0. The Morgan fingerprint density at radius 3 is 2.38 bits per heavy atom. The first-order valence-corrected chi connectivity index (χ1v) is 10.4. The van der Waals surface area contributed by atoms with Crippen molar-refractivity contribution >= 4 is 52.6 Å². The van der Waals surface area contributed by atoms with E-state index in [2.05, 4.69) is 5.32 Å². The number of rotatable bonds is 6. The number of benzene rings is 1. The molecule has 0 aromatic heterocycles. The summed E-state index contributed by atoms with van der Waals surface area (Å²) in [6, 6.07) is 4.59. The molecule has 2 aliphatic carbocycles. The first-order chi connectivity index (χ1) is 13.8. The maximum atomic E-state index is 12.6. The Bertz CT molecular complexity index is 862. The Morgan fingerprint density at radius 1 is 1.10 bits per heavy atom. The number of likely N-dealkylation sites (tertiary alicyclic amines) is 1. The van der Waals surface area contributed by atoms with E-state index in [-0.39, 0.29) is 41.6 Å². The number of hydrogen-bond acceptors (Lipinski definition) is 5. The molecule has 29 heavy (non-hydrogen) atoms. The molecular formula is C20H20Cl2N2O5. The summed E-state index contributed by atoms with van der Waals surface area (Å²) in [7, 11) is 0. The Labute approximate surface area is 177 Å². The maximum absolute atomic E-state index is 12.6. The number of esters is 1. The molecule has 7 nitrogen and oxygen atoms in total. The van der Waals surface area contributed by atoms with Crippen LogP contribution >= 0.6 is 23.2 Å². The average Bonchev–Trinajstić information content (AvgIpc) is 3.35. The smallest absolute Gasteiger partial charge is 0.308 e. The van der Waals surface area contributed by atoms with Crippen LogP contribution in [-0.2, 0) is 23.9 Å². The van der Waals surface area contributed by atoms with Gasteiger partial charge in [-0.1, -0.05) is 23.2 Å². The lowest BCUT2D eigenvalue weighted by Crippen LogP contribution is -2.35. The standard InChI is InChI=1S/C20H20Cl2N2O5/c21-12-3-4-14(13(22)8-12)23-15(25)9-29-16(26)5-6-24-19(27)17-10-1-2-11(7-10)18(17)20(24)28/h3-4,8,10-11,17-18H,1-2,5-7,9H2,(H,23,25)/t10-,11-,17-,18-/m0/s1. The number of nitrogens with one attached hydrogen (secondary N) is 1. The van der Waals surface area contributed by atoms with E-state index in [0.717, 1.165) is 19.3 Å². The second kappa shape index (κ2) is 7.95. The molecule has 3 aliphatic rings. The third-order valence-electron chi connectivity index (χ3n) is 6.13. The van der Waals surface area contributed by atoms with Crippen LogP contribution in [0.5, 0.6) is 0 Å². The molecule has 3 amide bonds. The van der Waals surface area contributed by atoms with E-state index >= 15 is 0 Å². The number of carbonyl (C=O) groups excluding carboxylic acids is 4. The van der Waals surface area contributed by atoms with Gasteiger partial charge in [0.1, 0.15) is 0 Å². The first kappa shape index (κ1) is 20.2. The minimum Gasteiger partial charge on any atom is -0.456 e. The lowest BCUT2D eigenvalue weighted by molar-refractivity contribution is -0.149. The van der Waals surface area contributed by atoms with E-state index in [9.17, 15) is 19.2 Å². The fourth-order valence-corrected chi connectivity index (χ4v) is 5.35. The number of ether oxygens (including phenoxy) is 1. The number of anilines is 1. The van der Waals surface area contributed by atoms with Gasteiger partial charge in [-0.25, -0.2) is 0 Å². The number of nitrogens with zero attached hydrogens (tertiary/aromatic N) is 1. The number of halogens is 2. The molecule has 0 radical (unpaired) electrons. The van der Waals surface area contributed by atoms with Gasteiger partial charge in [-0.15, -0.1) is 0 Å². The van der Waals surface area contributed by atoms with E-state index in [1.54, 1.807) is 12.1 Å². The molecule has 1 aromatic rings. The van der Waals surface area contributed by atoms with Gasteiger partial charge in [-0.05, 0) is 49.3 Å². The summed E-state index contributed by atoms with van der Waals surface area (Å²) in [6.45, 7) is -0.497. The van der Waals surface area contributed by atoms with Crippen LogP contribution in [0.3, 0.4) is 0 Å². The van der Waals surface area contributed by atoms with Gasteiger partial charge in [0, 0.05) is 11.6 Å². The number of imide groups is 1. The summed E-state index contributed by atoms with van der Waals surface area (Å²) in [5.74, 6) is -1.31. The predicted octanol–water partition coefficient (Wildman–Crippen LogP) is 2.90. The number of carbonyl (C=O) groups is 4. The highest BCUT2D eigenvalue weighted by Crippen LogP contribution is 2.56. The van der Waals surface area contributed by atoms with E-state index < -0.39 is 18.5 Å². The Morgan fingerprint density at radius 2 is 1.76 bits per heavy atom. The van der Waals surface area contributed by atoms with Crippen molar-refractivity contribution in [2.75, 3.05) is 18.5 Å². The molecule has 2 saturated carbocycles. The van der Waals surface area contributed by atoms with Crippen molar-refractivity contribution in [2.24, 2.45) is 23.7 Å². The summed E-state index contributed by atoms with van der Waals surface area (Å²) in [5.41, 5.74) is 0.353. The van der Waals surface area contributed by atoms with Gasteiger partial charge < -0.3 is 10.1 Å². The molecule has 1 aromatic carbocycles. The lowest BCUT2D eigenvalue weighted by Gasteiger charge is -2.19. The SMILES string of the molecule is O=C(COC(=O)CCN1C(=O)[C@H]2[C@H]3CC[C@@H](C3)[C@@H]2C1=O)Nc1ccc(Cl)cc1Cl. The predicted molar refractivity (Wildman–Crippen MR) is 105 cm³/mol. The van der Waals surface area contributed by atoms with Crippen molar-refractivity contribution in [1.29, 1.82) is 0 Å². The van der Waals surface area contributed by atoms with Gasteiger partial charge in [-0.2, -0.15) is 0 Å². The van der Waals surface area contributed by atoms with Crippen molar-refractivity contribution in [3.05, 3.63) is 28.2 Å². The third-order valence-corrected chi connectivity index (χ3v) is 6.68. The summed E-state index contributed by atoms with van der Waals surface area (Å²) in [5, 5.41) is 3.22. The zero-order valence-electron chi connectivity index (χ0n) is 15.5. The summed E-state index contributed by atoms with van der Waals surface area (Å²) in [6.07, 6.45) is 2.84. The summed E-state index contributed by atoms with van der Waals surface area (Å²) < 4.78 is 4.95. The second-order valence-electron chi connectivity index (χ2n) is 7.80. The van der Waals surface area contributed by atoms with Crippen LogP contribution in [0.1, 0.15) is 25.7 Å². The normalized spacial score (nSPS) is 27.3. The van der Waals surface area contributed by atoms with Crippen molar-refractivity contribution in [3.8, 4) is 0 Å². The van der Waals surface area contributed by atoms with Gasteiger partial charge in [0.15, 0.2) is 6.61 Å². The minimum atomic E-state index is -0.650. The molecule has 1 heterocycles. The van der Waals surface area contributed by atoms with Crippen LogP contribution < -0.4 is 5.32 Å². The molecule has 4 rings (SSSR count). The van der Waals surface area contributed by atoms with Gasteiger partial charge in [0.25, 0.3) is 5.91 Å². The Hall–Kier alpha value is -2.12. The fourth-order valence-electron chi connectivity index (χ4n) is 4.89. The van der Waals surface area contributed by atoms with Gasteiger partial charge in [-0.3, -0.25) is 24.1 Å². The van der Waals surface area contributed by atoms with Gasteiger partial charge in [0.05, 0.1) is 29.0 Å². The molecule has 1 N–H and O–H groups in total. The Balaban J connectivity index is 1.24. The monoisotopic (exact) mass is 438 g/mol. The highest BCUT2D eigenvalue weighted by molar-refractivity contribution is 6.36. The number of fused-ring (bicyclic) bond motifs is 5. The van der Waals surface area contributed by atoms with Crippen LogP contribution in [0, 0.1) is 23.7 Å². The molecule has 1 saturated heterocycles. The lowest BCUT2D eigenvalue weighted by atomic mass is 9.81. The van der Waals surface area contributed by atoms with E-state index in [1.165, 1.54) is 11.0 Å². The van der Waals surface area contributed by atoms with Gasteiger partial charge in [0.2, 0.25) is 11.8 Å². The van der Waals surface area contributed by atoms with Crippen molar-refractivity contribution in [3.63, 3.8) is 0 Å². The highest BCUT2D eigenvalue weighted by atomic mass is 35.5. The van der Waals surface area contributed by atoms with Crippen molar-refractivity contribution in [2.45, 2.75) is 25.7 Å². The Kier molecular flexibility index (Phi) is 5.53. The topological polar surface area (TPSA) is 92.8 Å². The molecule has 154 valence electrons. The highest BCUT2D eigenvalue weighted by Gasteiger charge is 2.60. The second-order valence-corrected chi connectivity index (χ2v) is 8.64. The molecule has 3 fully saturated rings. The van der Waals surface area contributed by atoms with Crippen molar-refractivity contribution in [1.82, 2.24) is 4.90 Å². The number of hydrogen-bond donors (Lipinski definition) is 1. The maximum Gasteiger partial charge on any atom is 0.308 e. The molecule has 9 heteroatoms.